The van der Waals surface area contributed by atoms with Crippen LogP contribution in [0.5, 0.6) is 0 Å². The number of non-ortho nitro benzene ring substituents is 1. The molecule has 1 atom stereocenters. The number of benzene rings is 2. The van der Waals surface area contributed by atoms with Gasteiger partial charge in [0.2, 0.25) is 0 Å². The summed E-state index contributed by atoms with van der Waals surface area (Å²) < 4.78 is 4.75. The molecule has 0 saturated heterocycles. The summed E-state index contributed by atoms with van der Waals surface area (Å²) in [7, 11) is 1.21. The largest absolute Gasteiger partial charge is 0.467 e. The molecule has 0 aliphatic rings. The van der Waals surface area contributed by atoms with Crippen molar-refractivity contribution >= 4 is 29.2 Å². The Bertz CT molecular complexity index is 855. The standard InChI is InChI=1S/C18H18ClN3O5/c1-27-18(24)15(9-11-5-7-13(8-6-11)22(25)26)21-17(23)16-12(10-20)3-2-4-14(16)19/h2-8,15H,9-10,20H2,1H3,(H,21,23)/t15-/m0/s1. The van der Waals surface area contributed by atoms with Gasteiger partial charge in [-0.25, -0.2) is 4.79 Å². The highest BCUT2D eigenvalue weighted by Gasteiger charge is 2.25. The average Bonchev–Trinajstić information content (AvgIpc) is 2.66. The van der Waals surface area contributed by atoms with Gasteiger partial charge in [-0.2, -0.15) is 0 Å². The molecule has 0 heterocycles. The van der Waals surface area contributed by atoms with Crippen LogP contribution in [0.4, 0.5) is 5.69 Å². The molecular formula is C18H18ClN3O5. The summed E-state index contributed by atoms with van der Waals surface area (Å²) in [6.07, 6.45) is 0.0961. The number of ether oxygens (including phenoxy) is 1. The van der Waals surface area contributed by atoms with Crippen molar-refractivity contribution in [3.63, 3.8) is 0 Å². The number of hydrogen-bond donors (Lipinski definition) is 2. The zero-order valence-corrected chi connectivity index (χ0v) is 15.2. The van der Waals surface area contributed by atoms with Crippen LogP contribution in [-0.2, 0) is 22.5 Å². The second-order valence-corrected chi connectivity index (χ2v) is 6.06. The molecule has 142 valence electrons. The van der Waals surface area contributed by atoms with Gasteiger partial charge in [-0.1, -0.05) is 35.9 Å². The minimum absolute atomic E-state index is 0.0685. The maximum Gasteiger partial charge on any atom is 0.328 e. The number of nitrogens with two attached hydrogens (primary N) is 1. The number of nitro groups is 1. The Hall–Kier alpha value is -2.97. The van der Waals surface area contributed by atoms with Crippen LogP contribution in [0.15, 0.2) is 42.5 Å². The van der Waals surface area contributed by atoms with E-state index in [4.69, 9.17) is 22.1 Å². The van der Waals surface area contributed by atoms with Crippen LogP contribution in [0.1, 0.15) is 21.5 Å². The first-order valence-corrected chi connectivity index (χ1v) is 8.34. The lowest BCUT2D eigenvalue weighted by molar-refractivity contribution is -0.384. The van der Waals surface area contributed by atoms with Gasteiger partial charge in [0.1, 0.15) is 6.04 Å². The number of hydrogen-bond acceptors (Lipinski definition) is 6. The van der Waals surface area contributed by atoms with E-state index in [0.717, 1.165) is 0 Å². The van der Waals surface area contributed by atoms with Gasteiger partial charge in [0, 0.05) is 25.1 Å². The number of nitrogens with zero attached hydrogens (tertiary/aromatic N) is 1. The summed E-state index contributed by atoms with van der Waals surface area (Å²) in [4.78, 5) is 35.0. The summed E-state index contributed by atoms with van der Waals surface area (Å²) in [6.45, 7) is 0.106. The number of nitrogens with one attached hydrogen (secondary N) is 1. The Morgan fingerprint density at radius 1 is 1.26 bits per heavy atom. The van der Waals surface area contributed by atoms with Crippen LogP contribution in [0.25, 0.3) is 0 Å². The highest BCUT2D eigenvalue weighted by molar-refractivity contribution is 6.34. The van der Waals surface area contributed by atoms with E-state index in [0.29, 0.717) is 11.1 Å². The minimum Gasteiger partial charge on any atom is -0.467 e. The average molecular weight is 392 g/mol. The van der Waals surface area contributed by atoms with E-state index in [9.17, 15) is 19.7 Å². The van der Waals surface area contributed by atoms with Gasteiger partial charge in [0.15, 0.2) is 0 Å². The predicted octanol–water partition coefficient (Wildman–Crippen LogP) is 2.22. The molecule has 0 radical (unpaired) electrons. The number of nitro benzene ring substituents is 1. The molecule has 9 heteroatoms. The van der Waals surface area contributed by atoms with Crippen molar-refractivity contribution in [1.82, 2.24) is 5.32 Å². The van der Waals surface area contributed by atoms with E-state index >= 15 is 0 Å². The smallest absolute Gasteiger partial charge is 0.328 e. The zero-order valence-electron chi connectivity index (χ0n) is 14.5. The second-order valence-electron chi connectivity index (χ2n) is 5.65. The lowest BCUT2D eigenvalue weighted by Crippen LogP contribution is -2.43. The third-order valence-electron chi connectivity index (χ3n) is 3.92. The van der Waals surface area contributed by atoms with Gasteiger partial charge in [-0.05, 0) is 17.2 Å². The fourth-order valence-electron chi connectivity index (χ4n) is 2.55. The molecule has 0 aromatic heterocycles. The Labute approximate surface area is 160 Å². The van der Waals surface area contributed by atoms with E-state index in [1.54, 1.807) is 18.2 Å². The molecule has 0 aliphatic heterocycles. The molecule has 0 bridgehead atoms. The molecule has 3 N–H and O–H groups in total. The molecular weight excluding hydrogens is 374 g/mol. The normalized spacial score (nSPS) is 11.5. The fraction of sp³-hybridized carbons (Fsp3) is 0.222. The Balaban J connectivity index is 2.23. The van der Waals surface area contributed by atoms with Gasteiger partial charge in [-0.3, -0.25) is 14.9 Å². The third-order valence-corrected chi connectivity index (χ3v) is 4.24. The number of carbonyl (C=O) groups excluding carboxylic acids is 2. The van der Waals surface area contributed by atoms with Crippen molar-refractivity contribution in [3.05, 3.63) is 74.3 Å². The SMILES string of the molecule is COC(=O)[C@H](Cc1ccc([N+](=O)[O-])cc1)NC(=O)c1c(Cl)cccc1CN. The second kappa shape index (κ2) is 9.11. The van der Waals surface area contributed by atoms with Crippen molar-refractivity contribution in [2.24, 2.45) is 5.73 Å². The molecule has 0 aliphatic carbocycles. The molecule has 8 nitrogen and oxygen atoms in total. The molecule has 1 amide bonds. The van der Waals surface area contributed by atoms with Crippen LogP contribution in [0.3, 0.4) is 0 Å². The quantitative estimate of drug-likeness (QED) is 0.423. The molecule has 0 fully saturated rings. The van der Waals surface area contributed by atoms with Crippen LogP contribution >= 0.6 is 11.6 Å². The highest BCUT2D eigenvalue weighted by Crippen LogP contribution is 2.20. The summed E-state index contributed by atoms with van der Waals surface area (Å²) in [5.41, 5.74) is 6.94. The van der Waals surface area contributed by atoms with Crippen molar-refractivity contribution in [3.8, 4) is 0 Å². The first-order chi connectivity index (χ1) is 12.9. The molecule has 2 aromatic rings. The number of amides is 1. The monoisotopic (exact) mass is 391 g/mol. The van der Waals surface area contributed by atoms with Gasteiger partial charge in [0.25, 0.3) is 11.6 Å². The molecule has 2 rings (SSSR count). The lowest BCUT2D eigenvalue weighted by Gasteiger charge is -2.18. The topological polar surface area (TPSA) is 125 Å². The fourth-order valence-corrected chi connectivity index (χ4v) is 2.83. The zero-order chi connectivity index (χ0) is 20.0. The van der Waals surface area contributed by atoms with Crippen LogP contribution in [0.2, 0.25) is 5.02 Å². The molecule has 0 spiro atoms. The van der Waals surface area contributed by atoms with Gasteiger partial charge < -0.3 is 15.8 Å². The maximum absolute atomic E-state index is 12.7. The summed E-state index contributed by atoms with van der Waals surface area (Å²) in [5, 5.41) is 13.6. The third kappa shape index (κ3) is 5.02. The Morgan fingerprint density at radius 3 is 2.48 bits per heavy atom. The van der Waals surface area contributed by atoms with Crippen molar-refractivity contribution in [1.29, 1.82) is 0 Å². The van der Waals surface area contributed by atoms with Crippen LogP contribution in [-0.4, -0.2) is 30.0 Å². The first-order valence-electron chi connectivity index (χ1n) is 7.96. The molecule has 0 saturated carbocycles. The highest BCUT2D eigenvalue weighted by atomic mass is 35.5. The molecule has 2 aromatic carbocycles. The number of carbonyl (C=O) groups is 2. The predicted molar refractivity (Wildman–Crippen MR) is 99.4 cm³/mol. The van der Waals surface area contributed by atoms with Gasteiger partial charge in [0.05, 0.1) is 22.6 Å². The Kier molecular flexibility index (Phi) is 6.86. The van der Waals surface area contributed by atoms with Crippen molar-refractivity contribution in [2.75, 3.05) is 7.11 Å². The molecule has 0 unspecified atom stereocenters. The summed E-state index contributed by atoms with van der Waals surface area (Å²) >= 11 is 6.11. The molecule has 27 heavy (non-hydrogen) atoms. The minimum atomic E-state index is -0.995. The van der Waals surface area contributed by atoms with Gasteiger partial charge >= 0.3 is 5.97 Å². The van der Waals surface area contributed by atoms with E-state index in [2.05, 4.69) is 5.32 Å². The summed E-state index contributed by atoms with van der Waals surface area (Å²) in [6, 6.07) is 9.59. The number of rotatable bonds is 7. The first kappa shape index (κ1) is 20.3. The van der Waals surface area contributed by atoms with Crippen molar-refractivity contribution < 1.29 is 19.2 Å². The van der Waals surface area contributed by atoms with E-state index < -0.39 is 22.8 Å². The van der Waals surface area contributed by atoms with E-state index in [-0.39, 0.29) is 29.2 Å². The van der Waals surface area contributed by atoms with E-state index in [1.165, 1.54) is 31.4 Å². The van der Waals surface area contributed by atoms with Crippen molar-refractivity contribution in [2.45, 2.75) is 19.0 Å². The number of methoxy groups -OCH3 is 1. The maximum atomic E-state index is 12.7. The van der Waals surface area contributed by atoms with Gasteiger partial charge in [-0.15, -0.1) is 0 Å². The van der Waals surface area contributed by atoms with Crippen LogP contribution < -0.4 is 11.1 Å². The van der Waals surface area contributed by atoms with E-state index in [1.807, 2.05) is 0 Å². The summed E-state index contributed by atoms with van der Waals surface area (Å²) in [5.74, 6) is -1.21. The lowest BCUT2D eigenvalue weighted by atomic mass is 10.0. The Morgan fingerprint density at radius 2 is 1.93 bits per heavy atom. The number of halogens is 1. The van der Waals surface area contributed by atoms with Crippen LogP contribution in [0, 0.1) is 10.1 Å². The number of esters is 1.